The van der Waals surface area contributed by atoms with Gasteiger partial charge in [0.1, 0.15) is 0 Å². The first-order valence-electron chi connectivity index (χ1n) is 5.10. The van der Waals surface area contributed by atoms with Crippen LogP contribution in [-0.4, -0.2) is 11.2 Å². The van der Waals surface area contributed by atoms with Crippen molar-refractivity contribution < 1.29 is 5.11 Å². The Morgan fingerprint density at radius 2 is 1.79 bits per heavy atom. The highest BCUT2D eigenvalue weighted by Gasteiger charge is 2.17. The van der Waals surface area contributed by atoms with Crippen LogP contribution in [0.5, 0.6) is 0 Å². The predicted molar refractivity (Wildman–Crippen MR) is 58.8 cm³/mol. The van der Waals surface area contributed by atoms with E-state index in [4.69, 9.17) is 5.73 Å². The van der Waals surface area contributed by atoms with E-state index >= 15 is 0 Å². The minimum absolute atomic E-state index is 0.265. The van der Waals surface area contributed by atoms with Gasteiger partial charge in [0.15, 0.2) is 0 Å². The Morgan fingerprint density at radius 3 is 2.29 bits per heavy atom. The molecule has 14 heavy (non-hydrogen) atoms. The second-order valence-electron chi connectivity index (χ2n) is 4.13. The van der Waals surface area contributed by atoms with E-state index in [0.29, 0.717) is 5.92 Å². The smallest absolute Gasteiger partial charge is 0.0735 e. The average molecular weight is 193 g/mol. The van der Waals surface area contributed by atoms with Gasteiger partial charge in [-0.05, 0) is 17.9 Å². The first kappa shape index (κ1) is 11.2. The molecule has 0 saturated heterocycles. The molecule has 1 aromatic rings. The van der Waals surface area contributed by atoms with Crippen LogP contribution in [0, 0.1) is 5.92 Å². The number of aliphatic hydroxyl groups excluding tert-OH is 1. The lowest BCUT2D eigenvalue weighted by Crippen LogP contribution is -2.27. The van der Waals surface area contributed by atoms with Gasteiger partial charge in [-0.2, -0.15) is 0 Å². The van der Waals surface area contributed by atoms with Crippen LogP contribution < -0.4 is 5.73 Å². The molecule has 0 aliphatic heterocycles. The van der Waals surface area contributed by atoms with E-state index in [1.165, 1.54) is 0 Å². The van der Waals surface area contributed by atoms with E-state index < -0.39 is 6.10 Å². The molecule has 0 aromatic heterocycles. The van der Waals surface area contributed by atoms with Gasteiger partial charge in [-0.1, -0.05) is 44.2 Å². The zero-order valence-corrected chi connectivity index (χ0v) is 8.85. The van der Waals surface area contributed by atoms with Crippen LogP contribution in [0.4, 0.5) is 0 Å². The van der Waals surface area contributed by atoms with E-state index in [1.54, 1.807) is 0 Å². The molecule has 0 unspecified atom stereocenters. The highest BCUT2D eigenvalue weighted by atomic mass is 16.3. The Labute approximate surface area is 85.8 Å². The summed E-state index contributed by atoms with van der Waals surface area (Å²) in [5, 5.41) is 9.82. The molecule has 2 nitrogen and oxygen atoms in total. The summed E-state index contributed by atoms with van der Waals surface area (Å²) in [6.07, 6.45) is 0.299. The Bertz CT molecular complexity index is 258. The lowest BCUT2D eigenvalue weighted by atomic mass is 9.95. The summed E-state index contributed by atoms with van der Waals surface area (Å²) in [5.74, 6) is 0.472. The summed E-state index contributed by atoms with van der Waals surface area (Å²) in [6, 6.07) is 9.47. The maximum absolute atomic E-state index is 9.82. The van der Waals surface area contributed by atoms with E-state index in [2.05, 4.69) is 13.8 Å². The van der Waals surface area contributed by atoms with Gasteiger partial charge in [0.2, 0.25) is 0 Å². The number of aliphatic hydroxyl groups is 1. The Morgan fingerprint density at radius 1 is 1.21 bits per heavy atom. The highest BCUT2D eigenvalue weighted by molar-refractivity contribution is 5.19. The maximum atomic E-state index is 9.82. The molecule has 0 amide bonds. The normalized spacial score (nSPS) is 15.5. The van der Waals surface area contributed by atoms with E-state index in [0.717, 1.165) is 12.0 Å². The molecule has 1 aromatic carbocycles. The van der Waals surface area contributed by atoms with Gasteiger partial charge in [0, 0.05) is 0 Å². The molecule has 2 heteroatoms. The Hall–Kier alpha value is -0.860. The van der Waals surface area contributed by atoms with Crippen LogP contribution in [0.2, 0.25) is 0 Å². The van der Waals surface area contributed by atoms with Gasteiger partial charge < -0.3 is 10.8 Å². The van der Waals surface area contributed by atoms with Crippen molar-refractivity contribution in [2.45, 2.75) is 32.4 Å². The third kappa shape index (κ3) is 3.13. The second kappa shape index (κ2) is 5.13. The van der Waals surface area contributed by atoms with Crippen LogP contribution >= 0.6 is 0 Å². The van der Waals surface area contributed by atoms with Crippen molar-refractivity contribution in [1.29, 1.82) is 0 Å². The number of rotatable bonds is 4. The number of hydrogen-bond donors (Lipinski definition) is 2. The zero-order valence-electron chi connectivity index (χ0n) is 8.85. The summed E-state index contributed by atoms with van der Waals surface area (Å²) >= 11 is 0. The van der Waals surface area contributed by atoms with Gasteiger partial charge in [-0.3, -0.25) is 0 Å². The minimum Gasteiger partial charge on any atom is -0.391 e. The molecule has 0 aliphatic carbocycles. The molecule has 2 atom stereocenters. The average Bonchev–Trinajstić information content (AvgIpc) is 2.17. The summed E-state index contributed by atoms with van der Waals surface area (Å²) in [6.45, 7) is 4.17. The SMILES string of the molecule is CC(C)C[C@H](O)[C@H](N)c1ccccc1. The summed E-state index contributed by atoms with van der Waals surface area (Å²) in [4.78, 5) is 0. The van der Waals surface area contributed by atoms with Crippen molar-refractivity contribution >= 4 is 0 Å². The van der Waals surface area contributed by atoms with Crippen molar-refractivity contribution in [3.05, 3.63) is 35.9 Å². The molecular weight excluding hydrogens is 174 g/mol. The molecule has 0 radical (unpaired) electrons. The Kier molecular flexibility index (Phi) is 4.11. The fourth-order valence-electron chi connectivity index (χ4n) is 1.53. The molecule has 0 aliphatic rings. The lowest BCUT2D eigenvalue weighted by molar-refractivity contribution is 0.121. The zero-order chi connectivity index (χ0) is 10.6. The van der Waals surface area contributed by atoms with Gasteiger partial charge in [-0.25, -0.2) is 0 Å². The molecule has 0 bridgehead atoms. The molecule has 0 heterocycles. The van der Waals surface area contributed by atoms with Crippen LogP contribution in [0.1, 0.15) is 31.9 Å². The van der Waals surface area contributed by atoms with Crippen molar-refractivity contribution in [1.82, 2.24) is 0 Å². The third-order valence-electron chi connectivity index (χ3n) is 2.31. The van der Waals surface area contributed by atoms with Gasteiger partial charge in [-0.15, -0.1) is 0 Å². The largest absolute Gasteiger partial charge is 0.391 e. The quantitative estimate of drug-likeness (QED) is 0.769. The molecule has 0 saturated carbocycles. The predicted octanol–water partition coefficient (Wildman–Crippen LogP) is 2.09. The van der Waals surface area contributed by atoms with Crippen LogP contribution in [0.15, 0.2) is 30.3 Å². The van der Waals surface area contributed by atoms with E-state index in [1.807, 2.05) is 30.3 Å². The van der Waals surface area contributed by atoms with E-state index in [-0.39, 0.29) is 6.04 Å². The fourth-order valence-corrected chi connectivity index (χ4v) is 1.53. The van der Waals surface area contributed by atoms with Gasteiger partial charge in [0.25, 0.3) is 0 Å². The van der Waals surface area contributed by atoms with Crippen molar-refractivity contribution in [3.8, 4) is 0 Å². The van der Waals surface area contributed by atoms with Gasteiger partial charge in [0.05, 0.1) is 12.1 Å². The minimum atomic E-state index is -0.447. The summed E-state index contributed by atoms with van der Waals surface area (Å²) < 4.78 is 0. The van der Waals surface area contributed by atoms with Crippen molar-refractivity contribution in [2.75, 3.05) is 0 Å². The van der Waals surface area contributed by atoms with Crippen molar-refractivity contribution in [3.63, 3.8) is 0 Å². The molecule has 0 spiro atoms. The Balaban J connectivity index is 2.61. The van der Waals surface area contributed by atoms with Crippen LogP contribution in [0.3, 0.4) is 0 Å². The van der Waals surface area contributed by atoms with Gasteiger partial charge >= 0.3 is 0 Å². The molecule has 1 rings (SSSR count). The third-order valence-corrected chi connectivity index (χ3v) is 2.31. The monoisotopic (exact) mass is 193 g/mol. The standard InChI is InChI=1S/C12H19NO/c1-9(2)8-11(14)12(13)10-6-4-3-5-7-10/h3-7,9,11-12,14H,8,13H2,1-2H3/t11-,12+/m0/s1. The maximum Gasteiger partial charge on any atom is 0.0735 e. The fraction of sp³-hybridized carbons (Fsp3) is 0.500. The second-order valence-corrected chi connectivity index (χ2v) is 4.13. The number of nitrogens with two attached hydrogens (primary N) is 1. The molecule has 3 N–H and O–H groups in total. The highest BCUT2D eigenvalue weighted by Crippen LogP contribution is 2.18. The summed E-state index contributed by atoms with van der Waals surface area (Å²) in [7, 11) is 0. The molecular formula is C12H19NO. The molecule has 0 fully saturated rings. The first-order valence-corrected chi connectivity index (χ1v) is 5.10. The number of hydrogen-bond acceptors (Lipinski definition) is 2. The topological polar surface area (TPSA) is 46.2 Å². The van der Waals surface area contributed by atoms with Crippen LogP contribution in [0.25, 0.3) is 0 Å². The van der Waals surface area contributed by atoms with E-state index in [9.17, 15) is 5.11 Å². The summed E-state index contributed by atoms with van der Waals surface area (Å²) in [5.41, 5.74) is 6.94. The lowest BCUT2D eigenvalue weighted by Gasteiger charge is -2.20. The molecule has 78 valence electrons. The number of benzene rings is 1. The van der Waals surface area contributed by atoms with Crippen LogP contribution in [-0.2, 0) is 0 Å². The first-order chi connectivity index (χ1) is 6.61. The van der Waals surface area contributed by atoms with Crippen molar-refractivity contribution in [2.24, 2.45) is 11.7 Å².